The van der Waals surface area contributed by atoms with Gasteiger partial charge in [0.15, 0.2) is 0 Å². The van der Waals surface area contributed by atoms with Crippen molar-refractivity contribution in [2.75, 3.05) is 34.3 Å². The molecule has 5 nitrogen and oxygen atoms in total. The molecule has 0 unspecified atom stereocenters. The molecule has 0 saturated carbocycles. The molecule has 0 spiro atoms. The second-order valence-electron chi connectivity index (χ2n) is 5.39. The number of rotatable bonds is 4. The molecular weight excluding hydrogens is 312 g/mol. The minimum absolute atomic E-state index is 0.140. The van der Waals surface area contributed by atoms with E-state index in [0.29, 0.717) is 29.9 Å². The van der Waals surface area contributed by atoms with Crippen molar-refractivity contribution in [2.24, 2.45) is 0 Å². The van der Waals surface area contributed by atoms with Crippen molar-refractivity contribution < 1.29 is 13.2 Å². The first-order valence-corrected chi connectivity index (χ1v) is 8.68. The third-order valence-electron chi connectivity index (χ3n) is 3.90. The molecular formula is C14H21ClN2O3S. The third-order valence-corrected chi connectivity index (χ3v) is 6.05. The van der Waals surface area contributed by atoms with Crippen LogP contribution in [0.25, 0.3) is 0 Å². The van der Waals surface area contributed by atoms with Crippen molar-refractivity contribution >= 4 is 21.6 Å². The number of nitrogens with zero attached hydrogens (tertiary/aromatic N) is 2. The summed E-state index contributed by atoms with van der Waals surface area (Å²) in [6.07, 6.45) is 1.66. The minimum Gasteiger partial charge on any atom is -0.495 e. The number of ether oxygens (including phenoxy) is 1. The second kappa shape index (κ2) is 6.52. The lowest BCUT2D eigenvalue weighted by molar-refractivity contribution is 0.196. The summed E-state index contributed by atoms with van der Waals surface area (Å²) >= 11 is 5.94. The molecule has 0 aromatic heterocycles. The van der Waals surface area contributed by atoms with Crippen LogP contribution in [0, 0.1) is 0 Å². The summed E-state index contributed by atoms with van der Waals surface area (Å²) in [5.74, 6) is 0.328. The van der Waals surface area contributed by atoms with Gasteiger partial charge in [0.25, 0.3) is 0 Å². The maximum absolute atomic E-state index is 12.8. The fourth-order valence-electron chi connectivity index (χ4n) is 2.59. The second-order valence-corrected chi connectivity index (χ2v) is 7.74. The van der Waals surface area contributed by atoms with Crippen LogP contribution in [0.2, 0.25) is 5.02 Å². The summed E-state index contributed by atoms with van der Waals surface area (Å²) in [6.45, 7) is 1.03. The van der Waals surface area contributed by atoms with Gasteiger partial charge in [-0.3, -0.25) is 0 Å². The molecule has 0 radical (unpaired) electrons. The van der Waals surface area contributed by atoms with Gasteiger partial charge in [0.05, 0.1) is 7.11 Å². The molecule has 1 aliphatic heterocycles. The predicted octanol–water partition coefficient (Wildman–Crippen LogP) is 2.06. The molecule has 1 heterocycles. The Hall–Kier alpha value is -0.820. The summed E-state index contributed by atoms with van der Waals surface area (Å²) in [4.78, 5) is 2.28. The third kappa shape index (κ3) is 3.51. The highest BCUT2D eigenvalue weighted by atomic mass is 35.5. The van der Waals surface area contributed by atoms with E-state index in [2.05, 4.69) is 4.90 Å². The van der Waals surface area contributed by atoms with Gasteiger partial charge in [0, 0.05) is 24.2 Å². The fraction of sp³-hybridized carbons (Fsp3) is 0.571. The molecule has 2 rings (SSSR count). The Labute approximate surface area is 131 Å². The van der Waals surface area contributed by atoms with E-state index < -0.39 is 10.0 Å². The first kappa shape index (κ1) is 16.5. The summed E-state index contributed by atoms with van der Waals surface area (Å²) < 4.78 is 32.2. The van der Waals surface area contributed by atoms with Crippen molar-refractivity contribution in [3.8, 4) is 5.75 Å². The number of hydrogen-bond acceptors (Lipinski definition) is 4. The monoisotopic (exact) mass is 332 g/mol. The Balaban J connectivity index is 2.25. The Kier molecular flexibility index (Phi) is 5.14. The molecule has 0 amide bonds. The molecule has 0 bridgehead atoms. The number of methoxy groups -OCH3 is 1. The predicted molar refractivity (Wildman–Crippen MR) is 83.5 cm³/mol. The van der Waals surface area contributed by atoms with Gasteiger partial charge in [0.2, 0.25) is 10.0 Å². The lowest BCUT2D eigenvalue weighted by atomic mass is 10.1. The van der Waals surface area contributed by atoms with E-state index in [4.69, 9.17) is 16.3 Å². The molecule has 0 N–H and O–H groups in total. The largest absolute Gasteiger partial charge is 0.495 e. The van der Waals surface area contributed by atoms with Crippen LogP contribution in [0.3, 0.4) is 0 Å². The normalized spacial score (nSPS) is 18.1. The Bertz CT molecular complexity index is 596. The quantitative estimate of drug-likeness (QED) is 0.847. The van der Waals surface area contributed by atoms with Crippen LogP contribution in [0.1, 0.15) is 12.8 Å². The summed E-state index contributed by atoms with van der Waals surface area (Å²) in [6, 6.07) is 5.09. The fourth-order valence-corrected chi connectivity index (χ4v) is 4.48. The Morgan fingerprint density at radius 1 is 1.29 bits per heavy atom. The zero-order valence-corrected chi connectivity index (χ0v) is 14.1. The molecule has 0 atom stereocenters. The summed E-state index contributed by atoms with van der Waals surface area (Å²) in [5.41, 5.74) is 0. The molecule has 1 fully saturated rings. The molecule has 1 saturated heterocycles. The van der Waals surface area contributed by atoms with Gasteiger partial charge in [-0.25, -0.2) is 8.42 Å². The van der Waals surface area contributed by atoms with Crippen molar-refractivity contribution in [2.45, 2.75) is 23.8 Å². The van der Waals surface area contributed by atoms with Crippen molar-refractivity contribution in [1.29, 1.82) is 0 Å². The number of sulfonamides is 1. The van der Waals surface area contributed by atoms with E-state index in [1.165, 1.54) is 17.5 Å². The van der Waals surface area contributed by atoms with E-state index in [1.54, 1.807) is 12.1 Å². The maximum atomic E-state index is 12.8. The molecule has 0 aliphatic carbocycles. The summed E-state index contributed by atoms with van der Waals surface area (Å²) in [7, 11) is 1.93. The summed E-state index contributed by atoms with van der Waals surface area (Å²) in [5, 5.41) is 0.387. The Morgan fingerprint density at radius 3 is 2.43 bits per heavy atom. The average Bonchev–Trinajstić information content (AvgIpc) is 2.47. The molecule has 1 aromatic rings. The van der Waals surface area contributed by atoms with Crippen LogP contribution >= 0.6 is 11.6 Å². The lowest BCUT2D eigenvalue weighted by Crippen LogP contribution is -2.44. The van der Waals surface area contributed by atoms with E-state index in [0.717, 1.165) is 12.8 Å². The van der Waals surface area contributed by atoms with E-state index in [1.807, 2.05) is 14.1 Å². The van der Waals surface area contributed by atoms with Gasteiger partial charge in [-0.1, -0.05) is 11.6 Å². The van der Waals surface area contributed by atoms with Crippen molar-refractivity contribution in [3.05, 3.63) is 23.2 Å². The highest BCUT2D eigenvalue weighted by molar-refractivity contribution is 7.89. The zero-order chi connectivity index (χ0) is 15.6. The first-order chi connectivity index (χ1) is 9.86. The smallest absolute Gasteiger partial charge is 0.246 e. The van der Waals surface area contributed by atoms with Crippen LogP contribution in [-0.2, 0) is 10.0 Å². The number of piperidine rings is 1. The highest BCUT2D eigenvalue weighted by Gasteiger charge is 2.32. The van der Waals surface area contributed by atoms with Gasteiger partial charge >= 0.3 is 0 Å². The van der Waals surface area contributed by atoms with Crippen LogP contribution < -0.4 is 4.74 Å². The SMILES string of the molecule is COc1ccc(Cl)cc1S(=O)(=O)N1CCC(N(C)C)CC1. The van der Waals surface area contributed by atoms with E-state index in [-0.39, 0.29) is 4.90 Å². The van der Waals surface area contributed by atoms with Crippen molar-refractivity contribution in [3.63, 3.8) is 0 Å². The molecule has 1 aliphatic rings. The number of benzene rings is 1. The van der Waals surface area contributed by atoms with Crippen molar-refractivity contribution in [1.82, 2.24) is 9.21 Å². The minimum atomic E-state index is -3.57. The topological polar surface area (TPSA) is 49.9 Å². The van der Waals surface area contributed by atoms with Gasteiger partial charge in [-0.2, -0.15) is 4.31 Å². The van der Waals surface area contributed by atoms with E-state index in [9.17, 15) is 8.42 Å². The van der Waals surface area contributed by atoms with Gasteiger partial charge in [-0.15, -0.1) is 0 Å². The zero-order valence-electron chi connectivity index (χ0n) is 12.5. The molecule has 21 heavy (non-hydrogen) atoms. The lowest BCUT2D eigenvalue weighted by Gasteiger charge is -2.34. The Morgan fingerprint density at radius 2 is 1.90 bits per heavy atom. The maximum Gasteiger partial charge on any atom is 0.246 e. The highest BCUT2D eigenvalue weighted by Crippen LogP contribution is 2.31. The van der Waals surface area contributed by atoms with Crippen LogP contribution in [0.5, 0.6) is 5.75 Å². The molecule has 118 valence electrons. The number of hydrogen-bond donors (Lipinski definition) is 0. The van der Waals surface area contributed by atoms with Gasteiger partial charge in [-0.05, 0) is 45.1 Å². The molecule has 7 heteroatoms. The first-order valence-electron chi connectivity index (χ1n) is 6.86. The van der Waals surface area contributed by atoms with Gasteiger partial charge in [0.1, 0.15) is 10.6 Å². The standard InChI is InChI=1S/C14H21ClN2O3S/c1-16(2)12-6-8-17(9-7-12)21(18,19)14-10-11(15)4-5-13(14)20-3/h4-5,10,12H,6-9H2,1-3H3. The van der Waals surface area contributed by atoms with Crippen LogP contribution in [-0.4, -0.2) is 58.0 Å². The van der Waals surface area contributed by atoms with Crippen LogP contribution in [0.15, 0.2) is 23.1 Å². The number of halogens is 1. The van der Waals surface area contributed by atoms with Gasteiger partial charge < -0.3 is 9.64 Å². The van der Waals surface area contributed by atoms with Crippen LogP contribution in [0.4, 0.5) is 0 Å². The molecule has 1 aromatic carbocycles. The van der Waals surface area contributed by atoms with E-state index >= 15 is 0 Å². The average molecular weight is 333 g/mol.